The minimum atomic E-state index is -0.361. The van der Waals surface area contributed by atoms with Crippen molar-refractivity contribution in [3.63, 3.8) is 0 Å². The van der Waals surface area contributed by atoms with Gasteiger partial charge in [-0.2, -0.15) is 0 Å². The van der Waals surface area contributed by atoms with Gasteiger partial charge in [0.15, 0.2) is 18.1 Å². The van der Waals surface area contributed by atoms with Crippen LogP contribution in [-0.4, -0.2) is 15.9 Å². The molecule has 0 saturated heterocycles. The molecule has 3 aromatic rings. The predicted octanol–water partition coefficient (Wildman–Crippen LogP) is 3.63. The van der Waals surface area contributed by atoms with Crippen LogP contribution in [0.5, 0.6) is 0 Å². The molecular formula is C15H12N2O4S. The van der Waals surface area contributed by atoms with E-state index in [2.05, 4.69) is 9.97 Å². The van der Waals surface area contributed by atoms with E-state index in [0.717, 1.165) is 18.5 Å². The van der Waals surface area contributed by atoms with E-state index in [-0.39, 0.29) is 12.6 Å². The van der Waals surface area contributed by atoms with Crippen molar-refractivity contribution < 1.29 is 18.4 Å². The SMILES string of the molecule is O=C(OCc1cnc(-c2ccco2)o1)c1scnc1C1CC1. The first-order valence-electron chi connectivity index (χ1n) is 6.90. The van der Waals surface area contributed by atoms with Crippen LogP contribution in [0.2, 0.25) is 0 Å². The lowest BCUT2D eigenvalue weighted by atomic mass is 10.2. The third-order valence-corrected chi connectivity index (χ3v) is 4.20. The molecule has 3 heterocycles. The van der Waals surface area contributed by atoms with Crippen LogP contribution in [0.25, 0.3) is 11.7 Å². The Balaban J connectivity index is 1.42. The molecule has 22 heavy (non-hydrogen) atoms. The van der Waals surface area contributed by atoms with Crippen LogP contribution in [0.1, 0.15) is 39.9 Å². The van der Waals surface area contributed by atoms with Crippen LogP contribution < -0.4 is 0 Å². The number of esters is 1. The highest BCUT2D eigenvalue weighted by atomic mass is 32.1. The summed E-state index contributed by atoms with van der Waals surface area (Å²) in [4.78, 5) is 21.1. The molecule has 0 amide bonds. The van der Waals surface area contributed by atoms with Crippen molar-refractivity contribution in [2.75, 3.05) is 0 Å². The Labute approximate surface area is 129 Å². The number of hydrogen-bond acceptors (Lipinski definition) is 7. The molecule has 7 heteroatoms. The highest BCUT2D eigenvalue weighted by molar-refractivity contribution is 7.11. The summed E-state index contributed by atoms with van der Waals surface area (Å²) in [5, 5.41) is 0. The summed E-state index contributed by atoms with van der Waals surface area (Å²) in [5.74, 6) is 1.44. The zero-order valence-electron chi connectivity index (χ0n) is 11.5. The maximum absolute atomic E-state index is 12.1. The zero-order chi connectivity index (χ0) is 14.9. The summed E-state index contributed by atoms with van der Waals surface area (Å²) in [5.41, 5.74) is 2.55. The minimum absolute atomic E-state index is 0.0363. The zero-order valence-corrected chi connectivity index (χ0v) is 12.3. The fraction of sp³-hybridized carbons (Fsp3) is 0.267. The van der Waals surface area contributed by atoms with E-state index in [1.165, 1.54) is 17.5 Å². The van der Waals surface area contributed by atoms with Crippen molar-refractivity contribution >= 4 is 17.3 Å². The summed E-state index contributed by atoms with van der Waals surface area (Å²) in [6.07, 6.45) is 5.26. The molecule has 1 aliphatic carbocycles. The monoisotopic (exact) mass is 316 g/mol. The quantitative estimate of drug-likeness (QED) is 0.669. The van der Waals surface area contributed by atoms with Gasteiger partial charge in [-0.25, -0.2) is 14.8 Å². The standard InChI is InChI=1S/C15H12N2O4S/c18-15(13-12(9-3-4-9)17-8-22-13)20-7-10-6-16-14(21-10)11-2-1-5-19-11/h1-2,5-6,8-9H,3-4,7H2. The van der Waals surface area contributed by atoms with Gasteiger partial charge in [-0.1, -0.05) is 0 Å². The molecule has 0 unspecified atom stereocenters. The number of carbonyl (C=O) groups excluding carboxylic acids is 1. The highest BCUT2D eigenvalue weighted by Crippen LogP contribution is 2.42. The number of hydrogen-bond donors (Lipinski definition) is 0. The summed E-state index contributed by atoms with van der Waals surface area (Å²) in [7, 11) is 0. The fourth-order valence-corrected chi connectivity index (χ4v) is 2.91. The van der Waals surface area contributed by atoms with Crippen LogP contribution in [0.3, 0.4) is 0 Å². The van der Waals surface area contributed by atoms with Gasteiger partial charge in [-0.05, 0) is 25.0 Å². The molecule has 4 rings (SSSR count). The molecule has 6 nitrogen and oxygen atoms in total. The van der Waals surface area contributed by atoms with Gasteiger partial charge >= 0.3 is 5.97 Å². The lowest BCUT2D eigenvalue weighted by Gasteiger charge is -2.02. The van der Waals surface area contributed by atoms with Crippen molar-refractivity contribution in [2.45, 2.75) is 25.4 Å². The number of oxazole rings is 1. The average Bonchev–Trinajstić information content (AvgIpc) is 3.02. The van der Waals surface area contributed by atoms with Crippen molar-refractivity contribution in [3.05, 3.63) is 46.4 Å². The Morgan fingerprint density at radius 1 is 1.41 bits per heavy atom. The average molecular weight is 316 g/mol. The van der Waals surface area contributed by atoms with Crippen LogP contribution in [0.4, 0.5) is 0 Å². The van der Waals surface area contributed by atoms with Crippen molar-refractivity contribution in [1.82, 2.24) is 9.97 Å². The molecule has 3 aromatic heterocycles. The van der Waals surface area contributed by atoms with E-state index >= 15 is 0 Å². The van der Waals surface area contributed by atoms with E-state index in [4.69, 9.17) is 13.6 Å². The van der Waals surface area contributed by atoms with E-state index in [1.54, 1.807) is 23.9 Å². The van der Waals surface area contributed by atoms with E-state index in [0.29, 0.717) is 28.2 Å². The molecule has 0 atom stereocenters. The molecule has 0 radical (unpaired) electrons. The third-order valence-electron chi connectivity index (χ3n) is 3.38. The van der Waals surface area contributed by atoms with Crippen LogP contribution in [-0.2, 0) is 11.3 Å². The summed E-state index contributed by atoms with van der Waals surface area (Å²) >= 11 is 1.32. The van der Waals surface area contributed by atoms with Gasteiger partial charge in [0.25, 0.3) is 5.89 Å². The Morgan fingerprint density at radius 3 is 3.09 bits per heavy atom. The molecule has 1 saturated carbocycles. The predicted molar refractivity (Wildman–Crippen MR) is 77.4 cm³/mol. The minimum Gasteiger partial charge on any atom is -0.459 e. The fourth-order valence-electron chi connectivity index (χ4n) is 2.15. The molecule has 1 aliphatic rings. The van der Waals surface area contributed by atoms with E-state index in [9.17, 15) is 4.79 Å². The van der Waals surface area contributed by atoms with Crippen LogP contribution in [0.15, 0.2) is 38.9 Å². The Hall–Kier alpha value is -2.41. The summed E-state index contributed by atoms with van der Waals surface area (Å²) in [6.45, 7) is 0.0363. The number of nitrogens with zero attached hydrogens (tertiary/aromatic N) is 2. The Morgan fingerprint density at radius 2 is 2.32 bits per heavy atom. The largest absolute Gasteiger partial charge is 0.459 e. The normalized spacial score (nSPS) is 14.2. The molecule has 0 aromatic carbocycles. The van der Waals surface area contributed by atoms with Crippen molar-refractivity contribution in [1.29, 1.82) is 0 Å². The lowest BCUT2D eigenvalue weighted by Crippen LogP contribution is -2.05. The van der Waals surface area contributed by atoms with Crippen molar-refractivity contribution in [2.24, 2.45) is 0 Å². The number of rotatable bonds is 5. The summed E-state index contributed by atoms with van der Waals surface area (Å²) in [6, 6.07) is 3.50. The van der Waals surface area contributed by atoms with Crippen LogP contribution >= 0.6 is 11.3 Å². The second-order valence-corrected chi connectivity index (χ2v) is 5.88. The van der Waals surface area contributed by atoms with Gasteiger partial charge in [-0.15, -0.1) is 11.3 Å². The van der Waals surface area contributed by atoms with Gasteiger partial charge in [0, 0.05) is 5.92 Å². The molecular weight excluding hydrogens is 304 g/mol. The first kappa shape index (κ1) is 13.3. The molecule has 0 spiro atoms. The Bertz CT molecular complexity index is 786. The molecule has 112 valence electrons. The molecule has 1 fully saturated rings. The maximum atomic E-state index is 12.1. The van der Waals surface area contributed by atoms with Crippen LogP contribution in [0, 0.1) is 0 Å². The second-order valence-electron chi connectivity index (χ2n) is 5.03. The lowest BCUT2D eigenvalue weighted by molar-refractivity contribution is 0.0450. The Kier molecular flexibility index (Phi) is 3.27. The summed E-state index contributed by atoms with van der Waals surface area (Å²) < 4.78 is 16.0. The van der Waals surface area contributed by atoms with E-state index < -0.39 is 0 Å². The third kappa shape index (κ3) is 2.55. The first-order chi connectivity index (χ1) is 10.8. The number of aromatic nitrogens is 2. The number of ether oxygens (including phenoxy) is 1. The van der Waals surface area contributed by atoms with Crippen molar-refractivity contribution in [3.8, 4) is 11.7 Å². The topological polar surface area (TPSA) is 78.4 Å². The number of carbonyl (C=O) groups is 1. The number of thiazole rings is 1. The van der Waals surface area contributed by atoms with Gasteiger partial charge in [0.1, 0.15) is 4.88 Å². The second kappa shape index (κ2) is 5.42. The van der Waals surface area contributed by atoms with Gasteiger partial charge in [0.2, 0.25) is 0 Å². The highest BCUT2D eigenvalue weighted by Gasteiger charge is 2.31. The van der Waals surface area contributed by atoms with Gasteiger partial charge in [-0.3, -0.25) is 0 Å². The first-order valence-corrected chi connectivity index (χ1v) is 7.78. The van der Waals surface area contributed by atoms with E-state index in [1.807, 2.05) is 0 Å². The smallest absolute Gasteiger partial charge is 0.350 e. The molecule has 0 N–H and O–H groups in total. The van der Waals surface area contributed by atoms with Gasteiger partial charge in [0.05, 0.1) is 23.7 Å². The molecule has 0 bridgehead atoms. The van der Waals surface area contributed by atoms with Gasteiger partial charge < -0.3 is 13.6 Å². The molecule has 0 aliphatic heterocycles. The number of furan rings is 1. The maximum Gasteiger partial charge on any atom is 0.350 e.